The second-order valence-electron chi connectivity index (χ2n) is 4.51. The third-order valence-corrected chi connectivity index (χ3v) is 3.39. The number of hydrogen-bond donors (Lipinski definition) is 1. The van der Waals surface area contributed by atoms with Crippen LogP contribution >= 0.6 is 0 Å². The molecule has 68 valence electrons. The van der Waals surface area contributed by atoms with Crippen molar-refractivity contribution in [3.05, 3.63) is 0 Å². The van der Waals surface area contributed by atoms with E-state index in [9.17, 15) is 5.11 Å². The highest BCUT2D eigenvalue weighted by Crippen LogP contribution is 2.36. The first-order chi connectivity index (χ1) is 4.80. The normalized spacial score (nSPS) is 18.5. The Kier molecular flexibility index (Phi) is 3.56. The standard InChI is InChI=1S/C10H22O/c1-7(2)10(5,6)8(3)9(4)11/h7-9,11H,1-6H3. The quantitative estimate of drug-likeness (QED) is 0.669. The maximum atomic E-state index is 9.41. The van der Waals surface area contributed by atoms with Crippen LogP contribution in [0.5, 0.6) is 0 Å². The van der Waals surface area contributed by atoms with Gasteiger partial charge in [-0.05, 0) is 24.2 Å². The van der Waals surface area contributed by atoms with Gasteiger partial charge in [0.2, 0.25) is 0 Å². The van der Waals surface area contributed by atoms with E-state index in [0.717, 1.165) is 0 Å². The molecule has 2 atom stereocenters. The average molecular weight is 158 g/mol. The molecule has 1 nitrogen and oxygen atoms in total. The highest BCUT2D eigenvalue weighted by atomic mass is 16.3. The predicted molar refractivity (Wildman–Crippen MR) is 49.5 cm³/mol. The van der Waals surface area contributed by atoms with Crippen molar-refractivity contribution in [2.75, 3.05) is 0 Å². The molecule has 0 bridgehead atoms. The van der Waals surface area contributed by atoms with Crippen LogP contribution in [0.3, 0.4) is 0 Å². The zero-order valence-corrected chi connectivity index (χ0v) is 8.68. The van der Waals surface area contributed by atoms with E-state index < -0.39 is 0 Å². The van der Waals surface area contributed by atoms with Gasteiger partial charge >= 0.3 is 0 Å². The largest absolute Gasteiger partial charge is 0.393 e. The van der Waals surface area contributed by atoms with Crippen LogP contribution in [0, 0.1) is 17.3 Å². The molecular formula is C10H22O. The first kappa shape index (κ1) is 11.0. The van der Waals surface area contributed by atoms with E-state index in [0.29, 0.717) is 11.8 Å². The summed E-state index contributed by atoms with van der Waals surface area (Å²) in [4.78, 5) is 0. The van der Waals surface area contributed by atoms with E-state index in [1.54, 1.807) is 0 Å². The molecule has 0 aromatic heterocycles. The minimum Gasteiger partial charge on any atom is -0.393 e. The molecule has 0 heterocycles. The molecule has 0 aromatic carbocycles. The Morgan fingerprint density at radius 2 is 1.36 bits per heavy atom. The fraction of sp³-hybridized carbons (Fsp3) is 1.00. The minimum atomic E-state index is -0.201. The molecule has 0 fully saturated rings. The van der Waals surface area contributed by atoms with E-state index in [-0.39, 0.29) is 11.5 Å². The summed E-state index contributed by atoms with van der Waals surface area (Å²) in [6, 6.07) is 0. The Bertz CT molecular complexity index is 114. The van der Waals surface area contributed by atoms with E-state index in [1.807, 2.05) is 6.92 Å². The summed E-state index contributed by atoms with van der Waals surface area (Å²) in [5.41, 5.74) is 0.230. The van der Waals surface area contributed by atoms with Gasteiger partial charge in [0, 0.05) is 0 Å². The lowest BCUT2D eigenvalue weighted by molar-refractivity contribution is 0.0313. The maximum absolute atomic E-state index is 9.41. The van der Waals surface area contributed by atoms with Crippen molar-refractivity contribution in [1.82, 2.24) is 0 Å². The molecule has 0 saturated carbocycles. The van der Waals surface area contributed by atoms with Crippen LogP contribution in [0.15, 0.2) is 0 Å². The van der Waals surface area contributed by atoms with Gasteiger partial charge in [-0.3, -0.25) is 0 Å². The lowest BCUT2D eigenvalue weighted by Gasteiger charge is -2.37. The summed E-state index contributed by atoms with van der Waals surface area (Å²) in [5.74, 6) is 0.981. The number of aliphatic hydroxyl groups excluding tert-OH is 1. The topological polar surface area (TPSA) is 20.2 Å². The summed E-state index contributed by atoms with van der Waals surface area (Å²) in [6.07, 6.45) is -0.201. The Hall–Kier alpha value is -0.0400. The molecule has 1 N–H and O–H groups in total. The molecule has 0 aliphatic rings. The number of rotatable bonds is 3. The van der Waals surface area contributed by atoms with Gasteiger partial charge in [0.1, 0.15) is 0 Å². The van der Waals surface area contributed by atoms with Crippen molar-refractivity contribution >= 4 is 0 Å². The molecule has 0 aliphatic carbocycles. The summed E-state index contributed by atoms with van der Waals surface area (Å²) < 4.78 is 0. The molecule has 0 rings (SSSR count). The van der Waals surface area contributed by atoms with E-state index in [2.05, 4.69) is 34.6 Å². The first-order valence-corrected chi connectivity index (χ1v) is 4.48. The van der Waals surface area contributed by atoms with Gasteiger partial charge in [-0.25, -0.2) is 0 Å². The Morgan fingerprint density at radius 3 is 1.45 bits per heavy atom. The lowest BCUT2D eigenvalue weighted by atomic mass is 9.70. The van der Waals surface area contributed by atoms with E-state index in [4.69, 9.17) is 0 Å². The van der Waals surface area contributed by atoms with Crippen LogP contribution in [0.4, 0.5) is 0 Å². The summed E-state index contributed by atoms with van der Waals surface area (Å²) >= 11 is 0. The lowest BCUT2D eigenvalue weighted by Crippen LogP contribution is -2.34. The molecule has 0 radical (unpaired) electrons. The van der Waals surface area contributed by atoms with Crippen LogP contribution in [0.1, 0.15) is 41.5 Å². The predicted octanol–water partition coefficient (Wildman–Crippen LogP) is 2.69. The third kappa shape index (κ3) is 2.48. The second-order valence-corrected chi connectivity index (χ2v) is 4.51. The Morgan fingerprint density at radius 1 is 1.00 bits per heavy atom. The minimum absolute atomic E-state index is 0.201. The van der Waals surface area contributed by atoms with E-state index in [1.165, 1.54) is 0 Å². The summed E-state index contributed by atoms with van der Waals surface area (Å²) in [7, 11) is 0. The van der Waals surface area contributed by atoms with Gasteiger partial charge in [-0.15, -0.1) is 0 Å². The van der Waals surface area contributed by atoms with Crippen LogP contribution in [0.2, 0.25) is 0 Å². The van der Waals surface area contributed by atoms with Crippen LogP contribution in [-0.4, -0.2) is 11.2 Å². The number of aliphatic hydroxyl groups is 1. The fourth-order valence-corrected chi connectivity index (χ4v) is 1.15. The Labute approximate surface area is 70.8 Å². The van der Waals surface area contributed by atoms with Crippen LogP contribution in [-0.2, 0) is 0 Å². The molecule has 0 spiro atoms. The second kappa shape index (κ2) is 3.57. The van der Waals surface area contributed by atoms with Gasteiger partial charge in [0.25, 0.3) is 0 Å². The van der Waals surface area contributed by atoms with Crippen molar-refractivity contribution in [3.8, 4) is 0 Å². The SMILES string of the molecule is CC(O)C(C)C(C)(C)C(C)C. The molecule has 0 aromatic rings. The summed E-state index contributed by atoms with van der Waals surface area (Å²) in [5, 5.41) is 9.41. The van der Waals surface area contributed by atoms with E-state index >= 15 is 0 Å². The fourth-order valence-electron chi connectivity index (χ4n) is 1.15. The van der Waals surface area contributed by atoms with Crippen molar-refractivity contribution in [1.29, 1.82) is 0 Å². The molecule has 0 aliphatic heterocycles. The monoisotopic (exact) mass is 158 g/mol. The third-order valence-electron chi connectivity index (χ3n) is 3.39. The van der Waals surface area contributed by atoms with Gasteiger partial charge < -0.3 is 5.11 Å². The van der Waals surface area contributed by atoms with Gasteiger partial charge in [0.05, 0.1) is 6.10 Å². The zero-order valence-electron chi connectivity index (χ0n) is 8.68. The van der Waals surface area contributed by atoms with Crippen LogP contribution < -0.4 is 0 Å². The molecule has 0 saturated heterocycles. The molecule has 2 unspecified atom stereocenters. The van der Waals surface area contributed by atoms with Gasteiger partial charge in [0.15, 0.2) is 0 Å². The highest BCUT2D eigenvalue weighted by molar-refractivity contribution is 4.81. The van der Waals surface area contributed by atoms with Crippen molar-refractivity contribution in [2.45, 2.75) is 47.6 Å². The Balaban J connectivity index is 4.29. The van der Waals surface area contributed by atoms with Crippen LogP contribution in [0.25, 0.3) is 0 Å². The first-order valence-electron chi connectivity index (χ1n) is 4.48. The zero-order chi connectivity index (χ0) is 9.23. The molecule has 11 heavy (non-hydrogen) atoms. The highest BCUT2D eigenvalue weighted by Gasteiger charge is 2.31. The van der Waals surface area contributed by atoms with Gasteiger partial charge in [-0.2, -0.15) is 0 Å². The summed E-state index contributed by atoms with van der Waals surface area (Å²) in [6.45, 7) is 12.8. The molecule has 0 amide bonds. The average Bonchev–Trinajstić information content (AvgIpc) is 1.85. The van der Waals surface area contributed by atoms with Crippen molar-refractivity contribution in [3.63, 3.8) is 0 Å². The van der Waals surface area contributed by atoms with Crippen molar-refractivity contribution < 1.29 is 5.11 Å². The van der Waals surface area contributed by atoms with Crippen molar-refractivity contribution in [2.24, 2.45) is 17.3 Å². The number of hydrogen-bond acceptors (Lipinski definition) is 1. The molecule has 1 heteroatoms. The van der Waals surface area contributed by atoms with Gasteiger partial charge in [-0.1, -0.05) is 34.6 Å². The molecular weight excluding hydrogens is 136 g/mol. The maximum Gasteiger partial charge on any atom is 0.0542 e. The smallest absolute Gasteiger partial charge is 0.0542 e.